The Balaban J connectivity index is 3.32. The first kappa shape index (κ1) is 16.2. The number of benzene rings is 1. The van der Waals surface area contributed by atoms with Gasteiger partial charge in [-0.05, 0) is 12.1 Å². The first-order valence-corrected chi connectivity index (χ1v) is 7.30. The van der Waals surface area contributed by atoms with E-state index in [0.717, 1.165) is 0 Å². The Kier molecular flexibility index (Phi) is 5.62. The van der Waals surface area contributed by atoms with Gasteiger partial charge in [-0.3, -0.25) is 0 Å². The van der Waals surface area contributed by atoms with E-state index < -0.39 is 10.0 Å². The molecular weight excluding hydrogens is 311 g/mol. The largest absolute Gasteiger partial charge is 0.384 e. The Morgan fingerprint density at radius 1 is 1.32 bits per heavy atom. The molecule has 0 atom stereocenters. The van der Waals surface area contributed by atoms with Gasteiger partial charge in [-0.1, -0.05) is 35.0 Å². The summed E-state index contributed by atoms with van der Waals surface area (Å²) in [4.78, 5) is 2.03. The smallest absolute Gasteiger partial charge is 0.256 e. The molecule has 0 bridgehead atoms. The highest BCUT2D eigenvalue weighted by molar-refractivity contribution is 7.89. The molecule has 8 heteroatoms. The fourth-order valence-corrected chi connectivity index (χ4v) is 3.62. The molecule has 1 aromatic rings. The van der Waals surface area contributed by atoms with Crippen LogP contribution in [0.1, 0.15) is 5.56 Å². The predicted molar refractivity (Wildman–Crippen MR) is 74.4 cm³/mol. The van der Waals surface area contributed by atoms with E-state index in [-0.39, 0.29) is 21.5 Å². The molecule has 0 aromatic heterocycles. The third-order valence-electron chi connectivity index (χ3n) is 1.88. The minimum absolute atomic E-state index is 0.0379. The molecular formula is C11H12Cl2N2O3S. The van der Waals surface area contributed by atoms with Gasteiger partial charge in [0.1, 0.15) is 11.5 Å². The zero-order valence-corrected chi connectivity index (χ0v) is 12.6. The molecule has 0 spiro atoms. The van der Waals surface area contributed by atoms with Crippen molar-refractivity contribution in [3.63, 3.8) is 0 Å². The summed E-state index contributed by atoms with van der Waals surface area (Å²) in [5, 5.41) is 9.79. The highest BCUT2D eigenvalue weighted by atomic mass is 35.5. The van der Waals surface area contributed by atoms with Gasteiger partial charge in [-0.15, -0.1) is 4.83 Å². The summed E-state index contributed by atoms with van der Waals surface area (Å²) in [6.45, 7) is -0.308. The van der Waals surface area contributed by atoms with Gasteiger partial charge in [-0.2, -0.15) is 0 Å². The van der Waals surface area contributed by atoms with Crippen LogP contribution < -0.4 is 4.83 Å². The summed E-state index contributed by atoms with van der Waals surface area (Å²) in [7, 11) is -0.787. The van der Waals surface area contributed by atoms with Crippen LogP contribution in [0.15, 0.2) is 17.0 Å². The second-order valence-electron chi connectivity index (χ2n) is 3.72. The van der Waals surface area contributed by atoms with E-state index in [0.29, 0.717) is 5.56 Å². The second-order valence-corrected chi connectivity index (χ2v) is 6.13. The van der Waals surface area contributed by atoms with Crippen LogP contribution in [0.5, 0.6) is 0 Å². The van der Waals surface area contributed by atoms with Crippen LogP contribution in [-0.4, -0.2) is 39.2 Å². The van der Waals surface area contributed by atoms with Gasteiger partial charge >= 0.3 is 0 Å². The van der Waals surface area contributed by atoms with Gasteiger partial charge in [0.2, 0.25) is 0 Å². The number of hydrogen-bond donors (Lipinski definition) is 2. The van der Waals surface area contributed by atoms with E-state index in [1.54, 1.807) is 0 Å². The summed E-state index contributed by atoms with van der Waals surface area (Å²) >= 11 is 11.9. The highest BCUT2D eigenvalue weighted by Crippen LogP contribution is 2.30. The van der Waals surface area contributed by atoms with Crippen LogP contribution in [0, 0.1) is 11.8 Å². The zero-order chi connectivity index (χ0) is 14.6. The van der Waals surface area contributed by atoms with Crippen molar-refractivity contribution in [3.8, 4) is 11.8 Å². The van der Waals surface area contributed by atoms with Crippen molar-refractivity contribution in [2.75, 3.05) is 20.7 Å². The van der Waals surface area contributed by atoms with Crippen LogP contribution in [0.3, 0.4) is 0 Å². The Morgan fingerprint density at radius 3 is 2.26 bits per heavy atom. The molecule has 0 heterocycles. The van der Waals surface area contributed by atoms with Crippen molar-refractivity contribution in [1.82, 2.24) is 9.84 Å². The van der Waals surface area contributed by atoms with Gasteiger partial charge in [-0.25, -0.2) is 13.4 Å². The third kappa shape index (κ3) is 4.35. The minimum Gasteiger partial charge on any atom is -0.384 e. The van der Waals surface area contributed by atoms with Gasteiger partial charge in [0.25, 0.3) is 10.0 Å². The molecule has 0 unspecified atom stereocenters. The summed E-state index contributed by atoms with van der Waals surface area (Å²) in [5.74, 6) is 5.03. The third-order valence-corrected chi connectivity index (χ3v) is 4.28. The summed E-state index contributed by atoms with van der Waals surface area (Å²) < 4.78 is 24.0. The Hall–Kier alpha value is -0.810. The number of aliphatic hydroxyl groups is 1. The van der Waals surface area contributed by atoms with Gasteiger partial charge in [0.05, 0.1) is 10.0 Å². The fourth-order valence-electron chi connectivity index (χ4n) is 1.32. The van der Waals surface area contributed by atoms with Crippen molar-refractivity contribution in [1.29, 1.82) is 0 Å². The first-order valence-electron chi connectivity index (χ1n) is 5.06. The molecule has 0 amide bonds. The number of aliphatic hydroxyl groups excluding tert-OH is 1. The number of halogens is 2. The first-order chi connectivity index (χ1) is 8.77. The summed E-state index contributed by atoms with van der Waals surface area (Å²) in [6.07, 6.45) is 0. The number of hydrazine groups is 1. The summed E-state index contributed by atoms with van der Waals surface area (Å²) in [5.41, 5.74) is 0.424. The molecule has 0 saturated heterocycles. The normalized spacial score (nSPS) is 11.3. The Bertz CT molecular complexity index is 610. The van der Waals surface area contributed by atoms with Crippen molar-refractivity contribution < 1.29 is 13.5 Å². The molecule has 104 valence electrons. The SMILES string of the molecule is CN(C)NS(=O)(=O)c1c(Cl)cc(C#CCO)cc1Cl. The lowest BCUT2D eigenvalue weighted by atomic mass is 10.2. The van der Waals surface area contributed by atoms with Gasteiger partial charge in [0.15, 0.2) is 0 Å². The average molecular weight is 323 g/mol. The molecule has 0 fully saturated rings. The van der Waals surface area contributed by atoms with E-state index in [1.165, 1.54) is 31.2 Å². The molecule has 0 aliphatic rings. The molecule has 2 N–H and O–H groups in total. The lowest BCUT2D eigenvalue weighted by molar-refractivity contribution is 0.350. The predicted octanol–water partition coefficient (Wildman–Crippen LogP) is 1.09. The summed E-state index contributed by atoms with van der Waals surface area (Å²) in [6, 6.07) is 2.75. The molecule has 1 aromatic carbocycles. The fraction of sp³-hybridized carbons (Fsp3) is 0.273. The molecule has 0 aliphatic heterocycles. The van der Waals surface area contributed by atoms with Crippen molar-refractivity contribution in [2.24, 2.45) is 0 Å². The minimum atomic E-state index is -3.84. The number of sulfonamides is 1. The average Bonchev–Trinajstić information content (AvgIpc) is 2.22. The Morgan fingerprint density at radius 2 is 1.84 bits per heavy atom. The van der Waals surface area contributed by atoms with Crippen LogP contribution >= 0.6 is 23.2 Å². The van der Waals surface area contributed by atoms with Crippen LogP contribution in [0.4, 0.5) is 0 Å². The Labute approximate surface area is 122 Å². The lowest BCUT2D eigenvalue weighted by Gasteiger charge is -2.14. The maximum atomic E-state index is 12.0. The van der Waals surface area contributed by atoms with E-state index in [2.05, 4.69) is 16.7 Å². The van der Waals surface area contributed by atoms with E-state index in [9.17, 15) is 8.42 Å². The molecule has 5 nitrogen and oxygen atoms in total. The van der Waals surface area contributed by atoms with Crippen LogP contribution in [0.2, 0.25) is 10.0 Å². The number of nitrogens with one attached hydrogen (secondary N) is 1. The standard InChI is InChI=1S/C11H12Cl2N2O3S/c1-15(2)14-19(17,18)11-9(12)6-8(4-3-5-16)7-10(11)13/h6-7,14,16H,5H2,1-2H3. The molecule has 19 heavy (non-hydrogen) atoms. The maximum absolute atomic E-state index is 12.0. The van der Waals surface area contributed by atoms with Crippen molar-refractivity contribution in [2.45, 2.75) is 4.90 Å². The van der Waals surface area contributed by atoms with Crippen LogP contribution in [-0.2, 0) is 10.0 Å². The van der Waals surface area contributed by atoms with E-state index in [1.807, 2.05) is 0 Å². The van der Waals surface area contributed by atoms with Crippen molar-refractivity contribution >= 4 is 33.2 Å². The molecule has 1 rings (SSSR count). The lowest BCUT2D eigenvalue weighted by Crippen LogP contribution is -2.36. The topological polar surface area (TPSA) is 69.6 Å². The van der Waals surface area contributed by atoms with Crippen molar-refractivity contribution in [3.05, 3.63) is 27.7 Å². The quantitative estimate of drug-likeness (QED) is 0.645. The molecule has 0 saturated carbocycles. The maximum Gasteiger partial charge on any atom is 0.256 e. The monoisotopic (exact) mass is 322 g/mol. The number of hydrogen-bond acceptors (Lipinski definition) is 4. The van der Waals surface area contributed by atoms with E-state index in [4.69, 9.17) is 28.3 Å². The number of nitrogens with zero attached hydrogens (tertiary/aromatic N) is 1. The molecule has 0 radical (unpaired) electrons. The van der Waals surface area contributed by atoms with E-state index >= 15 is 0 Å². The molecule has 0 aliphatic carbocycles. The number of rotatable bonds is 3. The van der Waals surface area contributed by atoms with Gasteiger partial charge in [0, 0.05) is 19.7 Å². The second kappa shape index (κ2) is 6.57. The highest BCUT2D eigenvalue weighted by Gasteiger charge is 2.22. The van der Waals surface area contributed by atoms with Crippen LogP contribution in [0.25, 0.3) is 0 Å². The zero-order valence-electron chi connectivity index (χ0n) is 10.2. The van der Waals surface area contributed by atoms with Gasteiger partial charge < -0.3 is 5.11 Å².